The molecule has 1 aromatic carbocycles. The van der Waals surface area contributed by atoms with Crippen molar-refractivity contribution in [3.05, 3.63) is 28.2 Å². The third kappa shape index (κ3) is 3.08. The quantitative estimate of drug-likeness (QED) is 0.848. The molecule has 21 heavy (non-hydrogen) atoms. The highest BCUT2D eigenvalue weighted by Crippen LogP contribution is 2.25. The number of carbonyl (C=O) groups is 2. The number of halogens is 1. The van der Waals surface area contributed by atoms with Crippen LogP contribution < -0.4 is 5.32 Å². The molecule has 1 aliphatic rings. The van der Waals surface area contributed by atoms with Gasteiger partial charge in [0.25, 0.3) is 5.91 Å². The van der Waals surface area contributed by atoms with E-state index in [9.17, 15) is 9.59 Å². The Hall–Kier alpha value is -1.87. The van der Waals surface area contributed by atoms with Crippen LogP contribution in [-0.2, 0) is 9.59 Å². The van der Waals surface area contributed by atoms with E-state index in [1.165, 1.54) is 4.90 Å². The molecule has 0 radical (unpaired) electrons. The fourth-order valence-electron chi connectivity index (χ4n) is 2.33. The van der Waals surface area contributed by atoms with Gasteiger partial charge in [0, 0.05) is 10.5 Å². The van der Waals surface area contributed by atoms with Crippen molar-refractivity contribution in [2.75, 3.05) is 5.32 Å². The normalized spacial score (nSPS) is 19.5. The Bertz CT molecular complexity index is 624. The molecule has 1 aromatic rings. The molecule has 0 saturated carbocycles. The summed E-state index contributed by atoms with van der Waals surface area (Å²) in [5.41, 5.74) is 1.00. The lowest BCUT2D eigenvalue weighted by molar-refractivity contribution is -0.140. The number of likely N-dealkylation sites (tertiary alicyclic amines) is 1. The first-order valence-electron chi connectivity index (χ1n) is 6.80. The molecule has 0 aliphatic carbocycles. The van der Waals surface area contributed by atoms with Crippen LogP contribution in [0.15, 0.2) is 22.7 Å². The molecule has 0 aromatic heterocycles. The molecule has 0 spiro atoms. The van der Waals surface area contributed by atoms with Gasteiger partial charge in [0.05, 0.1) is 17.7 Å². The molecule has 2 amide bonds. The average Bonchev–Trinajstić information content (AvgIpc) is 2.74. The van der Waals surface area contributed by atoms with Crippen LogP contribution in [0, 0.1) is 11.3 Å². The zero-order chi connectivity index (χ0) is 15.6. The van der Waals surface area contributed by atoms with Crippen LogP contribution in [0.25, 0.3) is 0 Å². The van der Waals surface area contributed by atoms with Crippen LogP contribution in [0.5, 0.6) is 0 Å². The highest BCUT2D eigenvalue weighted by molar-refractivity contribution is 9.10. The number of anilines is 1. The van der Waals surface area contributed by atoms with Crippen molar-refractivity contribution < 1.29 is 9.59 Å². The summed E-state index contributed by atoms with van der Waals surface area (Å²) < 4.78 is 0.791. The maximum atomic E-state index is 12.3. The van der Waals surface area contributed by atoms with Gasteiger partial charge in [-0.25, -0.2) is 0 Å². The summed E-state index contributed by atoms with van der Waals surface area (Å²) in [5.74, 6) is -0.386. The smallest absolute Gasteiger partial charge is 0.252 e. The second-order valence-corrected chi connectivity index (χ2v) is 5.98. The lowest BCUT2D eigenvalue weighted by Crippen LogP contribution is -2.40. The van der Waals surface area contributed by atoms with Gasteiger partial charge in [-0.15, -0.1) is 0 Å². The number of nitriles is 1. The minimum Gasteiger partial charge on any atom is -0.372 e. The highest BCUT2D eigenvalue weighted by atomic mass is 79.9. The Morgan fingerprint density at radius 1 is 1.52 bits per heavy atom. The zero-order valence-corrected chi connectivity index (χ0v) is 13.5. The van der Waals surface area contributed by atoms with E-state index in [2.05, 4.69) is 27.3 Å². The standard InChI is InChI=1S/C15H16BrN3O2/c1-3-9(2)19-14(20)7-13(15(19)21)18-12-5-4-11(16)6-10(12)8-17/h4-6,9,13,18H,3,7H2,1-2H3. The summed E-state index contributed by atoms with van der Waals surface area (Å²) in [6, 6.07) is 6.58. The van der Waals surface area contributed by atoms with Crippen LogP contribution in [0.2, 0.25) is 0 Å². The number of amides is 2. The Labute approximate surface area is 132 Å². The minimum absolute atomic E-state index is 0.0999. The molecule has 2 atom stereocenters. The highest BCUT2D eigenvalue weighted by Gasteiger charge is 2.40. The van der Waals surface area contributed by atoms with Gasteiger partial charge in [0.15, 0.2) is 0 Å². The van der Waals surface area contributed by atoms with Crippen LogP contribution in [0.3, 0.4) is 0 Å². The predicted molar refractivity (Wildman–Crippen MR) is 82.5 cm³/mol. The Morgan fingerprint density at radius 2 is 2.24 bits per heavy atom. The average molecular weight is 350 g/mol. The molecule has 1 fully saturated rings. The molecule has 2 rings (SSSR count). The minimum atomic E-state index is -0.597. The van der Waals surface area contributed by atoms with Gasteiger partial charge in [-0.3, -0.25) is 14.5 Å². The van der Waals surface area contributed by atoms with Crippen molar-refractivity contribution >= 4 is 33.4 Å². The summed E-state index contributed by atoms with van der Waals surface area (Å²) in [4.78, 5) is 25.6. The van der Waals surface area contributed by atoms with Gasteiger partial charge >= 0.3 is 0 Å². The number of imide groups is 1. The number of hydrogen-bond acceptors (Lipinski definition) is 4. The van der Waals surface area contributed by atoms with Gasteiger partial charge in [-0.1, -0.05) is 22.9 Å². The van der Waals surface area contributed by atoms with Gasteiger partial charge in [-0.05, 0) is 31.5 Å². The first-order chi connectivity index (χ1) is 9.97. The molecule has 2 unspecified atom stereocenters. The number of carbonyl (C=O) groups excluding carboxylic acids is 2. The zero-order valence-electron chi connectivity index (χ0n) is 11.9. The van der Waals surface area contributed by atoms with E-state index >= 15 is 0 Å². The summed E-state index contributed by atoms with van der Waals surface area (Å²) in [6.07, 6.45) is 0.857. The molecular formula is C15H16BrN3O2. The van der Waals surface area contributed by atoms with E-state index in [-0.39, 0.29) is 24.3 Å². The maximum Gasteiger partial charge on any atom is 0.252 e. The number of nitrogens with one attached hydrogen (secondary N) is 1. The van der Waals surface area contributed by atoms with Crippen molar-refractivity contribution in [3.8, 4) is 6.07 Å². The number of benzene rings is 1. The SMILES string of the molecule is CCC(C)N1C(=O)CC(Nc2ccc(Br)cc2C#N)C1=O. The van der Waals surface area contributed by atoms with Crippen molar-refractivity contribution in [1.29, 1.82) is 5.26 Å². The van der Waals surface area contributed by atoms with Crippen molar-refractivity contribution in [2.45, 2.75) is 38.8 Å². The van der Waals surface area contributed by atoms with Crippen LogP contribution in [0.4, 0.5) is 5.69 Å². The summed E-state index contributed by atoms with van der Waals surface area (Å²) in [5, 5.41) is 12.2. The van der Waals surface area contributed by atoms with Gasteiger partial charge in [-0.2, -0.15) is 5.26 Å². The lowest BCUT2D eigenvalue weighted by atomic mass is 10.1. The first kappa shape index (κ1) is 15.5. The van der Waals surface area contributed by atoms with Crippen LogP contribution in [0.1, 0.15) is 32.3 Å². The number of nitrogens with zero attached hydrogens (tertiary/aromatic N) is 2. The monoisotopic (exact) mass is 349 g/mol. The van der Waals surface area contributed by atoms with Gasteiger partial charge in [0.1, 0.15) is 12.1 Å². The topological polar surface area (TPSA) is 73.2 Å². The van der Waals surface area contributed by atoms with Crippen LogP contribution in [-0.4, -0.2) is 28.8 Å². The molecule has 6 heteroatoms. The van der Waals surface area contributed by atoms with E-state index in [4.69, 9.17) is 5.26 Å². The second-order valence-electron chi connectivity index (χ2n) is 5.06. The molecule has 1 saturated heterocycles. The van der Waals surface area contributed by atoms with Gasteiger partial charge in [0.2, 0.25) is 5.91 Å². The molecule has 1 heterocycles. The third-order valence-electron chi connectivity index (χ3n) is 3.65. The summed E-state index contributed by atoms with van der Waals surface area (Å²) >= 11 is 3.30. The van der Waals surface area contributed by atoms with Crippen molar-refractivity contribution in [2.24, 2.45) is 0 Å². The largest absolute Gasteiger partial charge is 0.372 e. The predicted octanol–water partition coefficient (Wildman–Crippen LogP) is 2.66. The molecule has 110 valence electrons. The molecule has 1 aliphatic heterocycles. The van der Waals surface area contributed by atoms with Gasteiger partial charge < -0.3 is 5.32 Å². The Morgan fingerprint density at radius 3 is 2.86 bits per heavy atom. The van der Waals surface area contributed by atoms with Crippen LogP contribution >= 0.6 is 15.9 Å². The fourth-order valence-corrected chi connectivity index (χ4v) is 2.69. The van der Waals surface area contributed by atoms with Crippen molar-refractivity contribution in [1.82, 2.24) is 4.90 Å². The molecule has 1 N–H and O–H groups in total. The second kappa shape index (κ2) is 6.27. The third-order valence-corrected chi connectivity index (χ3v) is 4.14. The maximum absolute atomic E-state index is 12.3. The fraction of sp³-hybridized carbons (Fsp3) is 0.400. The molecule has 0 bridgehead atoms. The Balaban J connectivity index is 2.20. The van der Waals surface area contributed by atoms with E-state index in [0.717, 1.165) is 10.9 Å². The first-order valence-corrected chi connectivity index (χ1v) is 7.59. The molecular weight excluding hydrogens is 334 g/mol. The molecule has 5 nitrogen and oxygen atoms in total. The Kier molecular flexibility index (Phi) is 4.63. The van der Waals surface area contributed by atoms with Crippen molar-refractivity contribution in [3.63, 3.8) is 0 Å². The van der Waals surface area contributed by atoms with E-state index < -0.39 is 6.04 Å². The summed E-state index contributed by atoms with van der Waals surface area (Å²) in [6.45, 7) is 3.80. The summed E-state index contributed by atoms with van der Waals surface area (Å²) in [7, 11) is 0. The lowest BCUT2D eigenvalue weighted by Gasteiger charge is -2.22. The van der Waals surface area contributed by atoms with E-state index in [1.54, 1.807) is 18.2 Å². The van der Waals surface area contributed by atoms with E-state index in [1.807, 2.05) is 13.8 Å². The number of rotatable bonds is 4. The number of hydrogen-bond donors (Lipinski definition) is 1. The van der Waals surface area contributed by atoms with E-state index in [0.29, 0.717) is 11.3 Å².